The minimum Gasteiger partial charge on any atom is -0.393 e. The third kappa shape index (κ3) is 2.58. The molecule has 2 atom stereocenters. The monoisotopic (exact) mass is 307 g/mol. The molecule has 2 fully saturated rings. The van der Waals surface area contributed by atoms with Gasteiger partial charge in [-0.25, -0.2) is 0 Å². The average Bonchev–Trinajstić information content (AvgIpc) is 2.87. The lowest BCUT2D eigenvalue weighted by molar-refractivity contribution is -0.140. The number of benzene rings is 1. The highest BCUT2D eigenvalue weighted by Crippen LogP contribution is 2.46. The molecule has 4 heteroatoms. The van der Waals surface area contributed by atoms with Gasteiger partial charge in [0, 0.05) is 24.0 Å². The van der Waals surface area contributed by atoms with Crippen molar-refractivity contribution in [2.75, 3.05) is 13.1 Å². The number of carbonyl (C=O) groups excluding carboxylic acids is 1. The first-order chi connectivity index (χ1) is 10.0. The summed E-state index contributed by atoms with van der Waals surface area (Å²) in [5, 5.41) is 10.4. The Bertz CT molecular complexity index is 539. The van der Waals surface area contributed by atoms with Crippen molar-refractivity contribution >= 4 is 17.5 Å². The van der Waals surface area contributed by atoms with E-state index in [1.54, 1.807) is 0 Å². The van der Waals surface area contributed by atoms with Crippen LogP contribution in [-0.4, -0.2) is 35.1 Å². The van der Waals surface area contributed by atoms with Crippen molar-refractivity contribution in [3.05, 3.63) is 34.9 Å². The summed E-state index contributed by atoms with van der Waals surface area (Å²) in [5.41, 5.74) is 0.671. The zero-order valence-corrected chi connectivity index (χ0v) is 13.1. The van der Waals surface area contributed by atoms with Crippen LogP contribution in [0.4, 0.5) is 0 Å². The van der Waals surface area contributed by atoms with Gasteiger partial charge in [-0.05, 0) is 43.9 Å². The number of halogens is 1. The zero-order valence-electron chi connectivity index (χ0n) is 12.4. The quantitative estimate of drug-likeness (QED) is 0.932. The van der Waals surface area contributed by atoms with Crippen molar-refractivity contribution in [2.45, 2.75) is 44.1 Å². The van der Waals surface area contributed by atoms with Crippen molar-refractivity contribution in [3.63, 3.8) is 0 Å². The molecule has 3 nitrogen and oxygen atoms in total. The number of hydrogen-bond donors (Lipinski definition) is 1. The van der Waals surface area contributed by atoms with E-state index in [0.29, 0.717) is 11.6 Å². The van der Waals surface area contributed by atoms with Crippen LogP contribution in [0.15, 0.2) is 24.3 Å². The number of nitrogens with zero attached hydrogens (tertiary/aromatic N) is 1. The van der Waals surface area contributed by atoms with Crippen LogP contribution >= 0.6 is 11.6 Å². The highest BCUT2D eigenvalue weighted by atomic mass is 35.5. The molecule has 0 radical (unpaired) electrons. The van der Waals surface area contributed by atoms with Crippen LogP contribution < -0.4 is 0 Å². The molecule has 1 aliphatic heterocycles. The van der Waals surface area contributed by atoms with Crippen LogP contribution in [0.3, 0.4) is 0 Å². The van der Waals surface area contributed by atoms with Crippen molar-refractivity contribution in [3.8, 4) is 0 Å². The van der Waals surface area contributed by atoms with E-state index in [-0.39, 0.29) is 23.3 Å². The Morgan fingerprint density at radius 1 is 1.48 bits per heavy atom. The second-order valence-electron chi connectivity index (χ2n) is 6.49. The van der Waals surface area contributed by atoms with Crippen LogP contribution in [0.2, 0.25) is 5.02 Å². The zero-order chi connectivity index (χ0) is 15.0. The summed E-state index contributed by atoms with van der Waals surface area (Å²) in [7, 11) is 0. The fourth-order valence-corrected chi connectivity index (χ4v) is 3.80. The first-order valence-corrected chi connectivity index (χ1v) is 8.14. The van der Waals surface area contributed by atoms with Crippen LogP contribution in [0.25, 0.3) is 0 Å². The second-order valence-corrected chi connectivity index (χ2v) is 6.92. The predicted molar refractivity (Wildman–Crippen MR) is 83.3 cm³/mol. The summed E-state index contributed by atoms with van der Waals surface area (Å²) in [6.45, 7) is 3.25. The number of carbonyl (C=O) groups is 1. The number of amides is 1. The van der Waals surface area contributed by atoms with Gasteiger partial charge in [0.2, 0.25) is 5.91 Å². The van der Waals surface area contributed by atoms with Gasteiger partial charge in [-0.2, -0.15) is 0 Å². The number of likely N-dealkylation sites (tertiary alicyclic amines) is 1. The lowest BCUT2D eigenvalue weighted by Gasteiger charge is -2.43. The van der Waals surface area contributed by atoms with Crippen molar-refractivity contribution in [2.24, 2.45) is 5.92 Å². The molecule has 1 N–H and O–H groups in total. The fourth-order valence-electron chi connectivity index (χ4n) is 3.61. The van der Waals surface area contributed by atoms with E-state index in [1.165, 1.54) is 0 Å². The van der Waals surface area contributed by atoms with E-state index in [0.717, 1.165) is 37.8 Å². The maximum absolute atomic E-state index is 13.0. The Morgan fingerprint density at radius 2 is 2.24 bits per heavy atom. The molecule has 1 aliphatic carbocycles. The summed E-state index contributed by atoms with van der Waals surface area (Å²) in [6, 6.07) is 7.72. The Balaban J connectivity index is 1.82. The lowest BCUT2D eigenvalue weighted by atomic mass is 9.63. The molecular formula is C17H22ClNO2. The molecule has 2 unspecified atom stereocenters. The van der Waals surface area contributed by atoms with Crippen LogP contribution in [-0.2, 0) is 10.2 Å². The summed E-state index contributed by atoms with van der Waals surface area (Å²) >= 11 is 6.10. The lowest BCUT2D eigenvalue weighted by Crippen LogP contribution is -2.50. The van der Waals surface area contributed by atoms with Gasteiger partial charge in [-0.3, -0.25) is 4.79 Å². The van der Waals surface area contributed by atoms with E-state index < -0.39 is 0 Å². The van der Waals surface area contributed by atoms with E-state index in [1.807, 2.05) is 36.1 Å². The maximum Gasteiger partial charge on any atom is 0.233 e. The van der Waals surface area contributed by atoms with Gasteiger partial charge in [0.15, 0.2) is 0 Å². The third-order valence-corrected chi connectivity index (χ3v) is 5.42. The maximum atomic E-state index is 13.0. The van der Waals surface area contributed by atoms with E-state index >= 15 is 0 Å². The first-order valence-electron chi connectivity index (χ1n) is 7.76. The fraction of sp³-hybridized carbons (Fsp3) is 0.588. The van der Waals surface area contributed by atoms with Gasteiger partial charge in [0.25, 0.3) is 0 Å². The normalized spacial score (nSPS) is 25.5. The standard InChI is InChI=1S/C17H22ClNO2/c1-12(20)13-6-9-19(11-13)16(21)17(7-3-8-17)14-4-2-5-15(18)10-14/h2,4-5,10,12-13,20H,3,6-9,11H2,1H3. The van der Waals surface area contributed by atoms with Crippen molar-refractivity contribution in [1.29, 1.82) is 0 Å². The highest BCUT2D eigenvalue weighted by Gasteiger charge is 2.48. The molecule has 114 valence electrons. The molecule has 1 amide bonds. The van der Waals surface area contributed by atoms with Gasteiger partial charge < -0.3 is 10.0 Å². The number of rotatable bonds is 3. The molecule has 2 aliphatic rings. The smallest absolute Gasteiger partial charge is 0.233 e. The average molecular weight is 308 g/mol. The Morgan fingerprint density at radius 3 is 2.76 bits per heavy atom. The highest BCUT2D eigenvalue weighted by molar-refractivity contribution is 6.30. The molecule has 1 aromatic carbocycles. The molecule has 1 heterocycles. The summed E-state index contributed by atoms with van der Waals surface area (Å²) in [6.07, 6.45) is 3.46. The van der Waals surface area contributed by atoms with Crippen molar-refractivity contribution in [1.82, 2.24) is 4.90 Å². The first kappa shape index (κ1) is 14.9. The summed E-state index contributed by atoms with van der Waals surface area (Å²) < 4.78 is 0. The summed E-state index contributed by atoms with van der Waals surface area (Å²) in [5.74, 6) is 0.435. The van der Waals surface area contributed by atoms with E-state index in [4.69, 9.17) is 11.6 Å². The minimum absolute atomic E-state index is 0.213. The molecule has 0 bridgehead atoms. The third-order valence-electron chi connectivity index (χ3n) is 5.19. The molecule has 21 heavy (non-hydrogen) atoms. The SMILES string of the molecule is CC(O)C1CCN(C(=O)C2(c3cccc(Cl)c3)CCC2)C1. The van der Waals surface area contributed by atoms with Gasteiger partial charge in [0.05, 0.1) is 11.5 Å². The Hall–Kier alpha value is -1.06. The van der Waals surface area contributed by atoms with Crippen LogP contribution in [0.1, 0.15) is 38.2 Å². The number of hydrogen-bond acceptors (Lipinski definition) is 2. The molecule has 3 rings (SSSR count). The Kier molecular flexibility index (Phi) is 3.98. The predicted octanol–water partition coefficient (Wildman–Crippen LogP) is 2.99. The van der Waals surface area contributed by atoms with E-state index in [9.17, 15) is 9.90 Å². The van der Waals surface area contributed by atoms with Gasteiger partial charge in [-0.1, -0.05) is 30.2 Å². The largest absolute Gasteiger partial charge is 0.393 e. The second kappa shape index (κ2) is 5.62. The van der Waals surface area contributed by atoms with Gasteiger partial charge in [0.1, 0.15) is 0 Å². The van der Waals surface area contributed by atoms with E-state index in [2.05, 4.69) is 0 Å². The number of aliphatic hydroxyl groups excluding tert-OH is 1. The molecular weight excluding hydrogens is 286 g/mol. The topological polar surface area (TPSA) is 40.5 Å². The minimum atomic E-state index is -0.377. The van der Waals surface area contributed by atoms with Crippen molar-refractivity contribution < 1.29 is 9.90 Å². The molecule has 1 aromatic rings. The van der Waals surface area contributed by atoms with Gasteiger partial charge in [-0.15, -0.1) is 0 Å². The molecule has 0 aromatic heterocycles. The van der Waals surface area contributed by atoms with Crippen LogP contribution in [0.5, 0.6) is 0 Å². The van der Waals surface area contributed by atoms with Crippen LogP contribution in [0, 0.1) is 5.92 Å². The Labute approximate surface area is 130 Å². The molecule has 0 spiro atoms. The molecule has 1 saturated heterocycles. The molecule has 1 saturated carbocycles. The van der Waals surface area contributed by atoms with Gasteiger partial charge >= 0.3 is 0 Å². The summed E-state index contributed by atoms with van der Waals surface area (Å²) in [4.78, 5) is 15.0. The number of aliphatic hydroxyl groups is 1.